The number of ketones is 1. The van der Waals surface area contributed by atoms with Gasteiger partial charge in [-0.3, -0.25) is 4.79 Å². The molecule has 0 spiro atoms. The standard InChI is InChI=1S/C35H72N2O2/c1-3-5-7-9-11-13-15-17-18-20-22-24-26-28-34(38)29-31-37(33-35(39)32-36)30-27-25-23-21-19-16-14-12-10-8-6-4-2/h35,39H,3-33,36H2,1-2H3. The minimum absolute atomic E-state index is 0.294. The third-order valence-corrected chi connectivity index (χ3v) is 8.33. The van der Waals surface area contributed by atoms with E-state index >= 15 is 0 Å². The van der Waals surface area contributed by atoms with Gasteiger partial charge in [-0.05, 0) is 19.4 Å². The van der Waals surface area contributed by atoms with E-state index in [4.69, 9.17) is 5.73 Å². The summed E-state index contributed by atoms with van der Waals surface area (Å²) in [5.74, 6) is 0.389. The molecule has 1 atom stereocenters. The summed E-state index contributed by atoms with van der Waals surface area (Å²) in [6.07, 6.45) is 34.4. The summed E-state index contributed by atoms with van der Waals surface area (Å²) in [7, 11) is 0. The number of nitrogens with two attached hydrogens (primary N) is 1. The van der Waals surface area contributed by atoms with Gasteiger partial charge < -0.3 is 15.7 Å². The maximum Gasteiger partial charge on any atom is 0.134 e. The lowest BCUT2D eigenvalue weighted by molar-refractivity contribution is -0.119. The van der Waals surface area contributed by atoms with E-state index in [-0.39, 0.29) is 0 Å². The zero-order chi connectivity index (χ0) is 28.7. The molecule has 1 unspecified atom stereocenters. The zero-order valence-corrected chi connectivity index (χ0v) is 26.9. The zero-order valence-electron chi connectivity index (χ0n) is 26.9. The minimum Gasteiger partial charge on any atom is -0.390 e. The van der Waals surface area contributed by atoms with Gasteiger partial charge in [0.2, 0.25) is 0 Å². The Hall–Kier alpha value is -0.450. The maximum absolute atomic E-state index is 12.5. The van der Waals surface area contributed by atoms with Gasteiger partial charge in [0, 0.05) is 32.5 Å². The monoisotopic (exact) mass is 553 g/mol. The molecule has 0 aliphatic carbocycles. The highest BCUT2D eigenvalue weighted by Crippen LogP contribution is 2.14. The van der Waals surface area contributed by atoms with Gasteiger partial charge in [-0.25, -0.2) is 0 Å². The van der Waals surface area contributed by atoms with Crippen LogP contribution in [0.5, 0.6) is 0 Å². The number of unbranched alkanes of at least 4 members (excludes halogenated alkanes) is 23. The van der Waals surface area contributed by atoms with Gasteiger partial charge in [-0.15, -0.1) is 0 Å². The molecule has 4 heteroatoms. The summed E-state index contributed by atoms with van der Waals surface area (Å²) < 4.78 is 0. The second-order valence-corrected chi connectivity index (χ2v) is 12.4. The van der Waals surface area contributed by atoms with Gasteiger partial charge in [-0.1, -0.05) is 162 Å². The molecular weight excluding hydrogens is 480 g/mol. The summed E-state index contributed by atoms with van der Waals surface area (Å²) in [5.41, 5.74) is 5.66. The molecule has 3 N–H and O–H groups in total. The van der Waals surface area contributed by atoms with Gasteiger partial charge in [-0.2, -0.15) is 0 Å². The number of carbonyl (C=O) groups excluding carboxylic acids is 1. The summed E-state index contributed by atoms with van der Waals surface area (Å²) in [6.45, 7) is 7.19. The first-order chi connectivity index (χ1) is 19.1. The third-order valence-electron chi connectivity index (χ3n) is 8.33. The van der Waals surface area contributed by atoms with Crippen molar-refractivity contribution in [1.29, 1.82) is 0 Å². The molecule has 0 aromatic heterocycles. The van der Waals surface area contributed by atoms with Crippen LogP contribution in [-0.4, -0.2) is 48.1 Å². The van der Waals surface area contributed by atoms with Crippen molar-refractivity contribution in [3.8, 4) is 0 Å². The van der Waals surface area contributed by atoms with E-state index in [1.54, 1.807) is 0 Å². The van der Waals surface area contributed by atoms with E-state index in [1.165, 1.54) is 148 Å². The van der Waals surface area contributed by atoms with Crippen LogP contribution in [0.3, 0.4) is 0 Å². The first-order valence-electron chi connectivity index (χ1n) is 17.8. The normalized spacial score (nSPS) is 12.4. The fourth-order valence-electron chi connectivity index (χ4n) is 5.59. The lowest BCUT2D eigenvalue weighted by Crippen LogP contribution is -2.38. The molecule has 234 valence electrons. The Morgan fingerprint density at radius 1 is 0.538 bits per heavy atom. The van der Waals surface area contributed by atoms with E-state index < -0.39 is 6.10 Å². The van der Waals surface area contributed by atoms with Crippen molar-refractivity contribution < 1.29 is 9.90 Å². The third kappa shape index (κ3) is 30.3. The number of rotatable bonds is 33. The van der Waals surface area contributed by atoms with Crippen LogP contribution in [-0.2, 0) is 4.79 Å². The molecule has 0 aliphatic heterocycles. The van der Waals surface area contributed by atoms with Gasteiger partial charge in [0.15, 0.2) is 0 Å². The number of nitrogens with zero attached hydrogens (tertiary/aromatic N) is 1. The molecule has 0 saturated carbocycles. The van der Waals surface area contributed by atoms with Crippen LogP contribution >= 0.6 is 0 Å². The summed E-state index contributed by atoms with van der Waals surface area (Å²) in [5, 5.41) is 10.1. The quantitative estimate of drug-likeness (QED) is 0.0795. The summed E-state index contributed by atoms with van der Waals surface area (Å²) in [6, 6.07) is 0. The van der Waals surface area contributed by atoms with Crippen molar-refractivity contribution in [2.45, 2.75) is 193 Å². The SMILES string of the molecule is CCCCCCCCCCCCCCCC(=O)CCN(CCCCCCCCCCCCCC)CC(O)CN. The first kappa shape index (κ1) is 38.5. The van der Waals surface area contributed by atoms with Gasteiger partial charge in [0.05, 0.1) is 6.10 Å². The van der Waals surface area contributed by atoms with Crippen LogP contribution in [0.25, 0.3) is 0 Å². The van der Waals surface area contributed by atoms with Crippen LogP contribution in [0.4, 0.5) is 0 Å². The molecule has 4 nitrogen and oxygen atoms in total. The van der Waals surface area contributed by atoms with Crippen molar-refractivity contribution in [2.75, 3.05) is 26.2 Å². The number of carbonyl (C=O) groups is 1. The molecule has 0 aromatic rings. The maximum atomic E-state index is 12.5. The van der Waals surface area contributed by atoms with Gasteiger partial charge >= 0.3 is 0 Å². The predicted octanol–water partition coefficient (Wildman–Crippen LogP) is 9.75. The van der Waals surface area contributed by atoms with Crippen molar-refractivity contribution >= 4 is 5.78 Å². The van der Waals surface area contributed by atoms with E-state index in [9.17, 15) is 9.90 Å². The molecule has 0 radical (unpaired) electrons. The Morgan fingerprint density at radius 3 is 1.28 bits per heavy atom. The van der Waals surface area contributed by atoms with Crippen LogP contribution < -0.4 is 5.73 Å². The van der Waals surface area contributed by atoms with Crippen LogP contribution in [0, 0.1) is 0 Å². The molecule has 39 heavy (non-hydrogen) atoms. The number of aliphatic hydroxyl groups excluding tert-OH is 1. The topological polar surface area (TPSA) is 66.6 Å². The molecule has 0 saturated heterocycles. The van der Waals surface area contributed by atoms with E-state index in [0.717, 1.165) is 32.4 Å². The summed E-state index contributed by atoms with van der Waals surface area (Å²) >= 11 is 0. The lowest BCUT2D eigenvalue weighted by atomic mass is 10.0. The Balaban J connectivity index is 3.73. The fraction of sp³-hybridized carbons (Fsp3) is 0.971. The molecule has 0 bridgehead atoms. The molecule has 0 aliphatic rings. The first-order valence-corrected chi connectivity index (χ1v) is 17.8. The highest BCUT2D eigenvalue weighted by Gasteiger charge is 2.12. The van der Waals surface area contributed by atoms with Crippen LogP contribution in [0.2, 0.25) is 0 Å². The highest BCUT2D eigenvalue weighted by atomic mass is 16.3. The van der Waals surface area contributed by atoms with Crippen LogP contribution in [0.1, 0.15) is 187 Å². The molecule has 0 fully saturated rings. The number of hydrogen-bond donors (Lipinski definition) is 2. The largest absolute Gasteiger partial charge is 0.390 e. The lowest BCUT2D eigenvalue weighted by Gasteiger charge is -2.24. The van der Waals surface area contributed by atoms with Crippen molar-refractivity contribution in [2.24, 2.45) is 5.73 Å². The van der Waals surface area contributed by atoms with Crippen molar-refractivity contribution in [1.82, 2.24) is 4.90 Å². The molecule has 0 heterocycles. The Morgan fingerprint density at radius 2 is 0.897 bits per heavy atom. The van der Waals surface area contributed by atoms with E-state index in [0.29, 0.717) is 25.3 Å². The van der Waals surface area contributed by atoms with E-state index in [2.05, 4.69) is 18.7 Å². The van der Waals surface area contributed by atoms with Gasteiger partial charge in [0.25, 0.3) is 0 Å². The Bertz CT molecular complexity index is 485. The number of Topliss-reactive ketones (excluding diaryl/α,β-unsaturated/α-hetero) is 1. The number of aliphatic hydroxyl groups is 1. The highest BCUT2D eigenvalue weighted by molar-refractivity contribution is 5.78. The molecule has 0 amide bonds. The smallest absolute Gasteiger partial charge is 0.134 e. The summed E-state index contributed by atoms with van der Waals surface area (Å²) in [4.78, 5) is 14.7. The van der Waals surface area contributed by atoms with Crippen molar-refractivity contribution in [3.63, 3.8) is 0 Å². The van der Waals surface area contributed by atoms with Crippen molar-refractivity contribution in [3.05, 3.63) is 0 Å². The Labute approximate surface area is 245 Å². The van der Waals surface area contributed by atoms with Crippen LogP contribution in [0.15, 0.2) is 0 Å². The average Bonchev–Trinajstić information content (AvgIpc) is 2.94. The minimum atomic E-state index is -0.488. The second kappa shape index (κ2) is 32.1. The molecule has 0 rings (SSSR count). The molecule has 0 aromatic carbocycles. The fourth-order valence-corrected chi connectivity index (χ4v) is 5.59. The predicted molar refractivity (Wildman–Crippen MR) is 173 cm³/mol. The van der Waals surface area contributed by atoms with E-state index in [1.807, 2.05) is 0 Å². The average molecular weight is 553 g/mol. The van der Waals surface area contributed by atoms with Gasteiger partial charge in [0.1, 0.15) is 5.78 Å². The molecular formula is C35H72N2O2. The Kier molecular flexibility index (Phi) is 31.7. The number of hydrogen-bond acceptors (Lipinski definition) is 4. The second-order valence-electron chi connectivity index (χ2n) is 12.4.